The predicted octanol–water partition coefficient (Wildman–Crippen LogP) is 1.89. The minimum absolute atomic E-state index is 0.0844. The van der Waals surface area contributed by atoms with Crippen LogP contribution < -0.4 is 5.73 Å². The summed E-state index contributed by atoms with van der Waals surface area (Å²) in [7, 11) is 0. The molecule has 0 aliphatic rings. The van der Waals surface area contributed by atoms with Crippen LogP contribution in [0.15, 0.2) is 12.1 Å². The lowest BCUT2D eigenvalue weighted by atomic mass is 10.1. The van der Waals surface area contributed by atoms with Crippen molar-refractivity contribution in [3.05, 3.63) is 33.6 Å². The fraction of sp³-hybridized carbons (Fsp3) is 0.125. The van der Waals surface area contributed by atoms with Crippen molar-refractivity contribution in [1.29, 1.82) is 0 Å². The summed E-state index contributed by atoms with van der Waals surface area (Å²) in [5.74, 6) is -1.43. The number of hydrogen-bond donors (Lipinski definition) is 1. The Morgan fingerprint density at radius 3 is 2.67 bits per heavy atom. The van der Waals surface area contributed by atoms with E-state index in [4.69, 9.17) is 5.73 Å². The van der Waals surface area contributed by atoms with Gasteiger partial charge >= 0.3 is 0 Å². The number of hydrogen-bond acceptors (Lipinski definition) is 4. The average molecular weight is 277 g/mol. The molecule has 0 aliphatic carbocycles. The Hall–Kier alpha value is -1.50. The summed E-state index contributed by atoms with van der Waals surface area (Å²) in [5.41, 5.74) is 4.15. The van der Waals surface area contributed by atoms with Gasteiger partial charge in [-0.2, -0.15) is 0 Å². The van der Waals surface area contributed by atoms with Gasteiger partial charge < -0.3 is 5.73 Å². The number of carbonyl (C=O) groups excluding carboxylic acids is 1. The molecule has 0 saturated heterocycles. The molecular weight excluding hydrogens is 271 g/mol. The van der Waals surface area contributed by atoms with Crippen LogP contribution in [0, 0.1) is 15.9 Å². The van der Waals surface area contributed by atoms with Crippen molar-refractivity contribution < 1.29 is 14.1 Å². The van der Waals surface area contributed by atoms with Crippen molar-refractivity contribution in [3.63, 3.8) is 0 Å². The number of nitrogens with two attached hydrogens (primary N) is 1. The second kappa shape index (κ2) is 4.35. The van der Waals surface area contributed by atoms with E-state index < -0.39 is 22.2 Å². The van der Waals surface area contributed by atoms with Gasteiger partial charge in [-0.15, -0.1) is 0 Å². The molecule has 5 nitrogen and oxygen atoms in total. The number of ketones is 1. The molecule has 15 heavy (non-hydrogen) atoms. The number of halogens is 2. The van der Waals surface area contributed by atoms with E-state index >= 15 is 0 Å². The molecule has 80 valence electrons. The zero-order chi connectivity index (χ0) is 11.6. The highest BCUT2D eigenvalue weighted by Gasteiger charge is 2.21. The Bertz CT molecular complexity index is 436. The van der Waals surface area contributed by atoms with E-state index in [1.807, 2.05) is 0 Å². The molecule has 0 fully saturated rings. The number of benzene rings is 1. The van der Waals surface area contributed by atoms with Crippen LogP contribution in [-0.4, -0.2) is 16.0 Å². The third kappa shape index (κ3) is 2.30. The van der Waals surface area contributed by atoms with Crippen molar-refractivity contribution >= 4 is 33.1 Å². The standard InChI is InChI=1S/C8H6BrFN2O3/c9-3-8(13)4-1-6(11)5(10)2-7(4)12(14)15/h1-2H,3,11H2. The van der Waals surface area contributed by atoms with E-state index in [9.17, 15) is 19.3 Å². The molecule has 0 aliphatic heterocycles. The first-order chi connectivity index (χ1) is 6.97. The third-order valence-electron chi connectivity index (χ3n) is 1.73. The van der Waals surface area contributed by atoms with Crippen LogP contribution in [-0.2, 0) is 0 Å². The molecule has 0 aromatic heterocycles. The van der Waals surface area contributed by atoms with Gasteiger partial charge in [-0.1, -0.05) is 15.9 Å². The number of nitro benzene ring substituents is 1. The van der Waals surface area contributed by atoms with Gasteiger partial charge in [-0.3, -0.25) is 14.9 Å². The first-order valence-corrected chi connectivity index (χ1v) is 4.92. The first kappa shape index (κ1) is 11.6. The fourth-order valence-corrected chi connectivity index (χ4v) is 1.33. The molecule has 0 spiro atoms. The molecule has 0 bridgehead atoms. The van der Waals surface area contributed by atoms with Crippen LogP contribution in [0.5, 0.6) is 0 Å². The predicted molar refractivity (Wildman–Crippen MR) is 55.6 cm³/mol. The van der Waals surface area contributed by atoms with Gasteiger partial charge in [0, 0.05) is 0 Å². The number of nitrogens with zero attached hydrogens (tertiary/aromatic N) is 1. The van der Waals surface area contributed by atoms with Gasteiger partial charge in [0.2, 0.25) is 0 Å². The van der Waals surface area contributed by atoms with E-state index in [1.165, 1.54) is 0 Å². The van der Waals surface area contributed by atoms with Gasteiger partial charge in [0.15, 0.2) is 11.6 Å². The van der Waals surface area contributed by atoms with Crippen LogP contribution in [0.25, 0.3) is 0 Å². The Morgan fingerprint density at radius 2 is 2.20 bits per heavy atom. The van der Waals surface area contributed by atoms with Crippen molar-refractivity contribution in [1.82, 2.24) is 0 Å². The molecule has 7 heteroatoms. The lowest BCUT2D eigenvalue weighted by Crippen LogP contribution is -2.07. The highest BCUT2D eigenvalue weighted by Crippen LogP contribution is 2.25. The maximum absolute atomic E-state index is 12.9. The Labute approximate surface area is 92.3 Å². The van der Waals surface area contributed by atoms with E-state index in [0.717, 1.165) is 6.07 Å². The van der Waals surface area contributed by atoms with Gasteiger partial charge in [0.1, 0.15) is 0 Å². The van der Waals surface area contributed by atoms with Crippen molar-refractivity contribution in [2.24, 2.45) is 0 Å². The molecule has 0 radical (unpaired) electrons. The Morgan fingerprint density at radius 1 is 1.60 bits per heavy atom. The van der Waals surface area contributed by atoms with Crippen LogP contribution >= 0.6 is 15.9 Å². The summed E-state index contributed by atoms with van der Waals surface area (Å²) >= 11 is 2.87. The SMILES string of the molecule is Nc1cc(C(=O)CBr)c([N+](=O)[O-])cc1F. The largest absolute Gasteiger partial charge is 0.396 e. The lowest BCUT2D eigenvalue weighted by Gasteiger charge is -2.02. The van der Waals surface area contributed by atoms with Gasteiger partial charge in [-0.05, 0) is 6.07 Å². The lowest BCUT2D eigenvalue weighted by molar-refractivity contribution is -0.385. The fourth-order valence-electron chi connectivity index (χ4n) is 1.03. The first-order valence-electron chi connectivity index (χ1n) is 3.80. The quantitative estimate of drug-likeness (QED) is 0.300. The highest BCUT2D eigenvalue weighted by molar-refractivity contribution is 9.09. The van der Waals surface area contributed by atoms with E-state index in [-0.39, 0.29) is 16.6 Å². The second-order valence-electron chi connectivity index (χ2n) is 2.70. The molecule has 0 amide bonds. The molecule has 0 unspecified atom stereocenters. The highest BCUT2D eigenvalue weighted by atomic mass is 79.9. The molecule has 1 rings (SSSR count). The average Bonchev–Trinajstić information content (AvgIpc) is 2.20. The molecule has 0 saturated carbocycles. The van der Waals surface area contributed by atoms with Crippen molar-refractivity contribution in [2.45, 2.75) is 0 Å². The number of anilines is 1. The van der Waals surface area contributed by atoms with Crippen LogP contribution in [0.1, 0.15) is 10.4 Å². The summed E-state index contributed by atoms with van der Waals surface area (Å²) in [5, 5.41) is 10.5. The summed E-state index contributed by atoms with van der Waals surface area (Å²) in [6, 6.07) is 1.61. The molecule has 1 aromatic carbocycles. The van der Waals surface area contributed by atoms with E-state index in [2.05, 4.69) is 15.9 Å². The summed E-state index contributed by atoms with van der Waals surface area (Å²) in [6.45, 7) is 0. The summed E-state index contributed by atoms with van der Waals surface area (Å²) in [6.07, 6.45) is 0. The minimum Gasteiger partial charge on any atom is -0.396 e. The van der Waals surface area contributed by atoms with E-state index in [1.54, 1.807) is 0 Å². The van der Waals surface area contributed by atoms with Crippen LogP contribution in [0.3, 0.4) is 0 Å². The second-order valence-corrected chi connectivity index (χ2v) is 3.27. The van der Waals surface area contributed by atoms with Crippen LogP contribution in [0.4, 0.5) is 15.8 Å². The number of carbonyl (C=O) groups is 1. The molecular formula is C8H6BrFN2O3. The smallest absolute Gasteiger partial charge is 0.283 e. The minimum atomic E-state index is -0.909. The molecule has 0 heterocycles. The summed E-state index contributed by atoms with van der Waals surface area (Å²) in [4.78, 5) is 21.0. The van der Waals surface area contributed by atoms with Gasteiger partial charge in [0.25, 0.3) is 5.69 Å². The molecule has 0 atom stereocenters. The van der Waals surface area contributed by atoms with Gasteiger partial charge in [-0.25, -0.2) is 4.39 Å². The number of nitro groups is 1. The molecule has 2 N–H and O–H groups in total. The Balaban J connectivity index is 3.41. The maximum Gasteiger partial charge on any atom is 0.283 e. The van der Waals surface area contributed by atoms with Crippen molar-refractivity contribution in [3.8, 4) is 0 Å². The monoisotopic (exact) mass is 276 g/mol. The number of rotatable bonds is 3. The Kier molecular flexibility index (Phi) is 3.35. The van der Waals surface area contributed by atoms with E-state index in [0.29, 0.717) is 6.07 Å². The molecule has 1 aromatic rings. The zero-order valence-corrected chi connectivity index (χ0v) is 8.95. The van der Waals surface area contributed by atoms with Crippen LogP contribution in [0.2, 0.25) is 0 Å². The normalized spacial score (nSPS) is 10.0. The number of nitrogen functional groups attached to an aromatic ring is 1. The topological polar surface area (TPSA) is 86.2 Å². The maximum atomic E-state index is 12.9. The van der Waals surface area contributed by atoms with Crippen molar-refractivity contribution in [2.75, 3.05) is 11.1 Å². The number of alkyl halides is 1. The summed E-state index contributed by atoms with van der Waals surface area (Å²) < 4.78 is 12.9. The number of Topliss-reactive ketones (excluding diaryl/α,β-unsaturated/α-hetero) is 1. The van der Waals surface area contributed by atoms with Gasteiger partial charge in [0.05, 0.1) is 27.6 Å². The third-order valence-corrected chi connectivity index (χ3v) is 2.24. The zero-order valence-electron chi connectivity index (χ0n) is 7.37.